The molecule has 94 valence electrons. The van der Waals surface area contributed by atoms with Crippen LogP contribution >= 0.6 is 22.6 Å². The predicted molar refractivity (Wildman–Crippen MR) is 75.7 cm³/mol. The van der Waals surface area contributed by atoms with Gasteiger partial charge in [0.15, 0.2) is 0 Å². The highest BCUT2D eigenvalue weighted by molar-refractivity contribution is 14.1. The first-order valence-electron chi connectivity index (χ1n) is 5.55. The molecule has 5 nitrogen and oxygen atoms in total. The van der Waals surface area contributed by atoms with Gasteiger partial charge in [-0.15, -0.1) is 0 Å². The summed E-state index contributed by atoms with van der Waals surface area (Å²) in [5, 5.41) is 5.98. The van der Waals surface area contributed by atoms with Crippen LogP contribution in [-0.4, -0.2) is 29.0 Å². The molecule has 1 aromatic rings. The third-order valence-electron chi connectivity index (χ3n) is 2.02. The smallest absolute Gasteiger partial charge is 0.221 e. The van der Waals surface area contributed by atoms with Crippen molar-refractivity contribution in [1.29, 1.82) is 0 Å². The predicted octanol–water partition coefficient (Wildman–Crippen LogP) is 1.66. The van der Waals surface area contributed by atoms with Crippen molar-refractivity contribution in [3.05, 3.63) is 16.1 Å². The van der Waals surface area contributed by atoms with Crippen molar-refractivity contribution in [1.82, 2.24) is 15.3 Å². The minimum atomic E-state index is 0.0651. The minimum absolute atomic E-state index is 0.0651. The number of hydrogen-bond acceptors (Lipinski definition) is 4. The van der Waals surface area contributed by atoms with E-state index in [2.05, 4.69) is 57.0 Å². The third kappa shape index (κ3) is 5.81. The molecular weight excluding hydrogens is 331 g/mol. The van der Waals surface area contributed by atoms with E-state index in [9.17, 15) is 4.79 Å². The molecule has 2 N–H and O–H groups in total. The maximum Gasteiger partial charge on any atom is 0.221 e. The molecule has 1 rings (SSSR count). The van der Waals surface area contributed by atoms with E-state index in [0.717, 1.165) is 15.9 Å². The van der Waals surface area contributed by atoms with Crippen molar-refractivity contribution in [3.8, 4) is 0 Å². The number of halogens is 1. The van der Waals surface area contributed by atoms with Crippen LogP contribution in [0.2, 0.25) is 0 Å². The number of nitrogens with zero attached hydrogens (tertiary/aromatic N) is 2. The monoisotopic (exact) mass is 348 g/mol. The molecule has 0 aliphatic heterocycles. The Labute approximate surface area is 115 Å². The van der Waals surface area contributed by atoms with Crippen molar-refractivity contribution in [2.24, 2.45) is 5.92 Å². The number of carbonyl (C=O) groups is 1. The maximum atomic E-state index is 11.4. The van der Waals surface area contributed by atoms with E-state index >= 15 is 0 Å². The zero-order valence-corrected chi connectivity index (χ0v) is 12.2. The van der Waals surface area contributed by atoms with Crippen LogP contribution in [0.4, 0.5) is 5.82 Å². The number of carbonyl (C=O) groups excluding carboxylic acids is 1. The number of nitrogens with one attached hydrogen (secondary N) is 2. The standard InChI is InChI=1S/C11H17IN4O/c1-8(2)5-15-10(17)3-4-14-11-9(12)6-13-7-16-11/h6-8H,3-5H2,1-2H3,(H,15,17)(H,13,14,16). The Kier molecular flexibility index (Phi) is 6.17. The van der Waals surface area contributed by atoms with E-state index in [1.165, 1.54) is 6.33 Å². The molecule has 0 unspecified atom stereocenters. The van der Waals surface area contributed by atoms with Gasteiger partial charge in [-0.05, 0) is 28.5 Å². The second kappa shape index (κ2) is 7.41. The highest BCUT2D eigenvalue weighted by atomic mass is 127. The first kappa shape index (κ1) is 14.1. The lowest BCUT2D eigenvalue weighted by atomic mass is 10.2. The number of amides is 1. The first-order chi connectivity index (χ1) is 8.09. The van der Waals surface area contributed by atoms with Crippen LogP contribution in [-0.2, 0) is 4.79 Å². The van der Waals surface area contributed by atoms with Gasteiger partial charge in [0.25, 0.3) is 0 Å². The zero-order valence-electron chi connectivity index (χ0n) is 10.0. The molecule has 0 radical (unpaired) electrons. The molecule has 1 amide bonds. The summed E-state index contributed by atoms with van der Waals surface area (Å²) in [7, 11) is 0. The summed E-state index contributed by atoms with van der Waals surface area (Å²) in [6.07, 6.45) is 3.67. The van der Waals surface area contributed by atoms with Crippen molar-refractivity contribution in [2.75, 3.05) is 18.4 Å². The lowest BCUT2D eigenvalue weighted by molar-refractivity contribution is -0.120. The molecule has 0 atom stereocenters. The van der Waals surface area contributed by atoms with Gasteiger partial charge < -0.3 is 10.6 Å². The van der Waals surface area contributed by atoms with E-state index < -0.39 is 0 Å². The Morgan fingerprint density at radius 1 is 1.53 bits per heavy atom. The van der Waals surface area contributed by atoms with Gasteiger partial charge in [-0.25, -0.2) is 9.97 Å². The van der Waals surface area contributed by atoms with Crippen molar-refractivity contribution >= 4 is 34.3 Å². The lowest BCUT2D eigenvalue weighted by Gasteiger charge is -2.09. The lowest BCUT2D eigenvalue weighted by Crippen LogP contribution is -2.28. The summed E-state index contributed by atoms with van der Waals surface area (Å²) in [5.74, 6) is 1.32. The average Bonchev–Trinajstić information content (AvgIpc) is 2.29. The van der Waals surface area contributed by atoms with Crippen LogP contribution in [0.15, 0.2) is 12.5 Å². The maximum absolute atomic E-state index is 11.4. The number of hydrogen-bond donors (Lipinski definition) is 2. The van der Waals surface area contributed by atoms with Crippen molar-refractivity contribution in [2.45, 2.75) is 20.3 Å². The molecule has 0 aromatic carbocycles. The summed E-state index contributed by atoms with van der Waals surface area (Å²) < 4.78 is 0.952. The van der Waals surface area contributed by atoms with Crippen molar-refractivity contribution in [3.63, 3.8) is 0 Å². The van der Waals surface area contributed by atoms with Gasteiger partial charge >= 0.3 is 0 Å². The molecule has 6 heteroatoms. The third-order valence-corrected chi connectivity index (χ3v) is 2.81. The highest BCUT2D eigenvalue weighted by Gasteiger charge is 2.03. The molecule has 0 saturated carbocycles. The van der Waals surface area contributed by atoms with Gasteiger partial charge in [0, 0.05) is 25.7 Å². The quantitative estimate of drug-likeness (QED) is 0.768. The molecule has 17 heavy (non-hydrogen) atoms. The summed E-state index contributed by atoms with van der Waals surface area (Å²) >= 11 is 2.15. The van der Waals surface area contributed by atoms with E-state index in [1.54, 1.807) is 6.20 Å². The van der Waals surface area contributed by atoms with Gasteiger partial charge in [0.05, 0.1) is 3.57 Å². The molecule has 1 aromatic heterocycles. The van der Waals surface area contributed by atoms with E-state index in [1.807, 2.05) is 0 Å². The fraction of sp³-hybridized carbons (Fsp3) is 0.545. The Balaban J connectivity index is 2.24. The largest absolute Gasteiger partial charge is 0.369 e. The van der Waals surface area contributed by atoms with Crippen LogP contribution in [0, 0.1) is 9.49 Å². The molecule has 0 saturated heterocycles. The topological polar surface area (TPSA) is 66.9 Å². The second-order valence-corrected chi connectivity index (χ2v) is 5.26. The van der Waals surface area contributed by atoms with Crippen molar-refractivity contribution < 1.29 is 4.79 Å². The SMILES string of the molecule is CC(C)CNC(=O)CCNc1ncncc1I. The van der Waals surface area contributed by atoms with Gasteiger partial charge in [0.2, 0.25) is 5.91 Å². The molecule has 0 spiro atoms. The Morgan fingerprint density at radius 3 is 2.94 bits per heavy atom. The number of aromatic nitrogens is 2. The van der Waals surface area contributed by atoms with Crippen LogP contribution in [0.1, 0.15) is 20.3 Å². The summed E-state index contributed by atoms with van der Waals surface area (Å²) in [6.45, 7) is 5.45. The molecule has 0 fully saturated rings. The fourth-order valence-corrected chi connectivity index (χ4v) is 1.63. The Bertz CT molecular complexity index is 370. The second-order valence-electron chi connectivity index (χ2n) is 4.09. The van der Waals surface area contributed by atoms with Gasteiger partial charge in [-0.3, -0.25) is 4.79 Å². The summed E-state index contributed by atoms with van der Waals surface area (Å²) in [4.78, 5) is 19.4. The van der Waals surface area contributed by atoms with Gasteiger partial charge in [0.1, 0.15) is 12.1 Å². The molecular formula is C11H17IN4O. The summed E-state index contributed by atoms with van der Waals surface area (Å²) in [5.41, 5.74) is 0. The molecule has 0 aliphatic rings. The van der Waals surface area contributed by atoms with Crippen LogP contribution in [0.5, 0.6) is 0 Å². The highest BCUT2D eigenvalue weighted by Crippen LogP contribution is 2.11. The zero-order chi connectivity index (χ0) is 12.7. The van der Waals surface area contributed by atoms with Crippen LogP contribution in [0.25, 0.3) is 0 Å². The number of rotatable bonds is 6. The molecule has 0 bridgehead atoms. The molecule has 1 heterocycles. The van der Waals surface area contributed by atoms with E-state index in [4.69, 9.17) is 0 Å². The number of anilines is 1. The minimum Gasteiger partial charge on any atom is -0.369 e. The average molecular weight is 348 g/mol. The first-order valence-corrected chi connectivity index (χ1v) is 6.63. The van der Waals surface area contributed by atoms with E-state index in [0.29, 0.717) is 18.9 Å². The van der Waals surface area contributed by atoms with E-state index in [-0.39, 0.29) is 5.91 Å². The summed E-state index contributed by atoms with van der Waals surface area (Å²) in [6, 6.07) is 0. The van der Waals surface area contributed by atoms with Crippen LogP contribution < -0.4 is 10.6 Å². The van der Waals surface area contributed by atoms with Gasteiger partial charge in [-0.1, -0.05) is 13.8 Å². The normalized spacial score (nSPS) is 10.4. The van der Waals surface area contributed by atoms with Crippen LogP contribution in [0.3, 0.4) is 0 Å². The fourth-order valence-electron chi connectivity index (χ4n) is 1.14. The molecule has 0 aliphatic carbocycles. The van der Waals surface area contributed by atoms with Gasteiger partial charge in [-0.2, -0.15) is 0 Å². The Hall–Kier alpha value is -0.920. The Morgan fingerprint density at radius 2 is 2.29 bits per heavy atom.